The number of nitrogens with one attached hydrogen (secondary N) is 1. The van der Waals surface area contributed by atoms with Gasteiger partial charge in [0.05, 0.1) is 6.10 Å². The summed E-state index contributed by atoms with van der Waals surface area (Å²) < 4.78 is 5.22. The summed E-state index contributed by atoms with van der Waals surface area (Å²) in [6.45, 7) is 3.39. The number of hydrogen-bond donors (Lipinski definition) is 1. The van der Waals surface area contributed by atoms with E-state index in [4.69, 9.17) is 4.74 Å². The molecule has 0 atom stereocenters. The summed E-state index contributed by atoms with van der Waals surface area (Å²) >= 11 is 2.03. The third-order valence-electron chi connectivity index (χ3n) is 2.53. The van der Waals surface area contributed by atoms with Gasteiger partial charge in [-0.15, -0.1) is 0 Å². The van der Waals surface area contributed by atoms with Gasteiger partial charge in [0.1, 0.15) is 0 Å². The van der Waals surface area contributed by atoms with Crippen molar-refractivity contribution in [3.05, 3.63) is 0 Å². The van der Waals surface area contributed by atoms with Crippen molar-refractivity contribution in [2.24, 2.45) is 0 Å². The van der Waals surface area contributed by atoms with Gasteiger partial charge in [-0.1, -0.05) is 6.92 Å². The smallest absolute Gasteiger partial charge is 0.0601 e. The first-order valence-electron chi connectivity index (χ1n) is 5.20. The molecule has 2 nitrogen and oxygen atoms in total. The summed E-state index contributed by atoms with van der Waals surface area (Å²) in [5, 5.41) is 3.55. The summed E-state index contributed by atoms with van der Waals surface area (Å²) in [6, 6.07) is 0.733. The quantitative estimate of drug-likeness (QED) is 0.639. The highest BCUT2D eigenvalue weighted by atomic mass is 32.2. The largest absolute Gasteiger partial charge is 0.381 e. The van der Waals surface area contributed by atoms with Crippen LogP contribution in [0.5, 0.6) is 0 Å². The van der Waals surface area contributed by atoms with Crippen LogP contribution in [0.15, 0.2) is 0 Å². The minimum atomic E-state index is 0.530. The van der Waals surface area contributed by atoms with Gasteiger partial charge >= 0.3 is 0 Å². The van der Waals surface area contributed by atoms with Gasteiger partial charge in [0.15, 0.2) is 0 Å². The van der Waals surface area contributed by atoms with Gasteiger partial charge in [0, 0.05) is 13.2 Å². The monoisotopic (exact) mass is 203 g/mol. The molecule has 0 aromatic heterocycles. The maximum Gasteiger partial charge on any atom is 0.0601 e. The van der Waals surface area contributed by atoms with Gasteiger partial charge in [-0.2, -0.15) is 11.8 Å². The summed E-state index contributed by atoms with van der Waals surface area (Å²) in [5.41, 5.74) is 0. The van der Waals surface area contributed by atoms with Gasteiger partial charge in [-0.3, -0.25) is 0 Å². The first-order valence-corrected chi connectivity index (χ1v) is 6.36. The van der Waals surface area contributed by atoms with E-state index in [1.165, 1.54) is 37.3 Å². The van der Waals surface area contributed by atoms with E-state index < -0.39 is 0 Å². The lowest BCUT2D eigenvalue weighted by Gasteiger charge is -2.34. The maximum atomic E-state index is 5.22. The van der Waals surface area contributed by atoms with Crippen molar-refractivity contribution in [1.29, 1.82) is 0 Å². The molecule has 78 valence electrons. The van der Waals surface area contributed by atoms with Crippen molar-refractivity contribution in [2.75, 3.05) is 25.2 Å². The van der Waals surface area contributed by atoms with Crippen molar-refractivity contribution in [3.63, 3.8) is 0 Å². The van der Waals surface area contributed by atoms with E-state index in [1.807, 2.05) is 11.8 Å². The second-order valence-corrected chi connectivity index (χ2v) is 4.92. The number of hydrogen-bond acceptors (Lipinski definition) is 3. The summed E-state index contributed by atoms with van der Waals surface area (Å²) in [4.78, 5) is 0. The molecule has 1 N–H and O–H groups in total. The lowest BCUT2D eigenvalue weighted by molar-refractivity contribution is 0.0176. The Hall–Kier alpha value is 0.270. The Morgan fingerprint density at radius 3 is 2.85 bits per heavy atom. The highest BCUT2D eigenvalue weighted by molar-refractivity contribution is 7.99. The molecule has 0 aromatic rings. The molecule has 0 amide bonds. The van der Waals surface area contributed by atoms with Crippen LogP contribution in [0, 0.1) is 0 Å². The second-order valence-electron chi connectivity index (χ2n) is 3.53. The van der Waals surface area contributed by atoms with E-state index in [-0.39, 0.29) is 0 Å². The standard InChI is InChI=1S/C10H21NOS/c1-3-13-6-4-5-11-9-7-10(8-9)12-2/h9-11H,3-8H2,1-2H3. The molecule has 0 bridgehead atoms. The molecule has 0 saturated heterocycles. The molecular weight excluding hydrogens is 182 g/mol. The van der Waals surface area contributed by atoms with Crippen LogP contribution < -0.4 is 5.32 Å². The van der Waals surface area contributed by atoms with Gasteiger partial charge in [-0.25, -0.2) is 0 Å². The molecule has 0 radical (unpaired) electrons. The minimum absolute atomic E-state index is 0.530. The lowest BCUT2D eigenvalue weighted by atomic mass is 9.89. The molecule has 0 heterocycles. The fourth-order valence-electron chi connectivity index (χ4n) is 1.55. The lowest BCUT2D eigenvalue weighted by Crippen LogP contribution is -2.45. The fraction of sp³-hybridized carbons (Fsp3) is 1.00. The van der Waals surface area contributed by atoms with Gasteiger partial charge < -0.3 is 10.1 Å². The first kappa shape index (κ1) is 11.3. The molecule has 0 unspecified atom stereocenters. The van der Waals surface area contributed by atoms with Crippen LogP contribution in [0.2, 0.25) is 0 Å². The Labute approximate surface area is 85.8 Å². The maximum absolute atomic E-state index is 5.22. The van der Waals surface area contributed by atoms with Crippen molar-refractivity contribution < 1.29 is 4.74 Å². The van der Waals surface area contributed by atoms with Crippen molar-refractivity contribution >= 4 is 11.8 Å². The Kier molecular flexibility index (Phi) is 5.83. The zero-order valence-electron chi connectivity index (χ0n) is 8.71. The summed E-state index contributed by atoms with van der Waals surface area (Å²) in [6.07, 6.45) is 4.24. The molecule has 1 saturated carbocycles. The van der Waals surface area contributed by atoms with Crippen molar-refractivity contribution in [1.82, 2.24) is 5.32 Å². The Morgan fingerprint density at radius 2 is 2.23 bits per heavy atom. The Morgan fingerprint density at radius 1 is 1.46 bits per heavy atom. The molecule has 1 aliphatic rings. The number of ether oxygens (including phenoxy) is 1. The van der Waals surface area contributed by atoms with Crippen LogP contribution in [0.4, 0.5) is 0 Å². The fourth-order valence-corrected chi connectivity index (χ4v) is 2.19. The predicted octanol–water partition coefficient (Wildman–Crippen LogP) is 1.90. The van der Waals surface area contributed by atoms with Crippen LogP contribution in [0.1, 0.15) is 26.2 Å². The zero-order chi connectivity index (χ0) is 9.52. The molecule has 13 heavy (non-hydrogen) atoms. The topological polar surface area (TPSA) is 21.3 Å². The first-order chi connectivity index (χ1) is 6.36. The average Bonchev–Trinajstić information content (AvgIpc) is 2.08. The van der Waals surface area contributed by atoms with Crippen LogP contribution in [-0.2, 0) is 4.74 Å². The third kappa shape index (κ3) is 4.34. The third-order valence-corrected chi connectivity index (χ3v) is 3.52. The van der Waals surface area contributed by atoms with Crippen LogP contribution >= 0.6 is 11.8 Å². The predicted molar refractivity (Wildman–Crippen MR) is 59.4 cm³/mol. The van der Waals surface area contributed by atoms with Gasteiger partial charge in [0.25, 0.3) is 0 Å². The molecule has 0 aliphatic heterocycles. The van der Waals surface area contributed by atoms with Crippen LogP contribution in [0.25, 0.3) is 0 Å². The van der Waals surface area contributed by atoms with Gasteiger partial charge in [-0.05, 0) is 37.3 Å². The van der Waals surface area contributed by atoms with Crippen LogP contribution in [-0.4, -0.2) is 37.3 Å². The molecule has 0 aromatic carbocycles. The highest BCUT2D eigenvalue weighted by Crippen LogP contribution is 2.22. The molecule has 1 aliphatic carbocycles. The summed E-state index contributed by atoms with van der Waals surface area (Å²) in [7, 11) is 1.80. The Balaban J connectivity index is 1.80. The van der Waals surface area contributed by atoms with Crippen molar-refractivity contribution in [2.45, 2.75) is 38.3 Å². The highest BCUT2D eigenvalue weighted by Gasteiger charge is 2.27. The van der Waals surface area contributed by atoms with E-state index in [1.54, 1.807) is 7.11 Å². The molecule has 1 fully saturated rings. The van der Waals surface area contributed by atoms with E-state index in [0.717, 1.165) is 6.04 Å². The van der Waals surface area contributed by atoms with Crippen molar-refractivity contribution in [3.8, 4) is 0 Å². The Bertz CT molecular complexity index is 126. The van der Waals surface area contributed by atoms with Crippen LogP contribution in [0.3, 0.4) is 0 Å². The SMILES string of the molecule is CCSCCCNC1CC(OC)C1. The molecule has 0 spiro atoms. The number of rotatable bonds is 7. The number of thioether (sulfide) groups is 1. The zero-order valence-corrected chi connectivity index (χ0v) is 9.53. The average molecular weight is 203 g/mol. The normalized spacial score (nSPS) is 27.2. The molecule has 3 heteroatoms. The van der Waals surface area contributed by atoms with E-state index in [9.17, 15) is 0 Å². The second kappa shape index (κ2) is 6.68. The van der Waals surface area contributed by atoms with Gasteiger partial charge in [0.2, 0.25) is 0 Å². The number of methoxy groups -OCH3 is 1. The minimum Gasteiger partial charge on any atom is -0.381 e. The molecule has 1 rings (SSSR count). The molecular formula is C10H21NOS. The van der Waals surface area contributed by atoms with E-state index in [0.29, 0.717) is 6.10 Å². The van der Waals surface area contributed by atoms with E-state index in [2.05, 4.69) is 12.2 Å². The summed E-state index contributed by atoms with van der Waals surface area (Å²) in [5.74, 6) is 2.54. The van der Waals surface area contributed by atoms with E-state index >= 15 is 0 Å².